The number of amidine groups is 1. The molecule has 0 atom stereocenters. The molecule has 1 saturated heterocycles. The van der Waals surface area contributed by atoms with Crippen molar-refractivity contribution in [3.63, 3.8) is 0 Å². The Balaban J connectivity index is 1.55. The van der Waals surface area contributed by atoms with Gasteiger partial charge in [-0.25, -0.2) is 8.42 Å². The number of halogens is 1. The summed E-state index contributed by atoms with van der Waals surface area (Å²) in [6.45, 7) is 0.330. The Morgan fingerprint density at radius 1 is 1.12 bits per heavy atom. The van der Waals surface area contributed by atoms with Crippen LogP contribution in [0.25, 0.3) is 0 Å². The number of sulfonamides is 1. The average molecular weight is 475 g/mol. The van der Waals surface area contributed by atoms with Crippen molar-refractivity contribution in [1.82, 2.24) is 14.5 Å². The van der Waals surface area contributed by atoms with Crippen molar-refractivity contribution >= 4 is 39.3 Å². The maximum Gasteiger partial charge on any atom is 0.253 e. The lowest BCUT2D eigenvalue weighted by Crippen LogP contribution is -2.50. The van der Waals surface area contributed by atoms with E-state index in [-0.39, 0.29) is 42.6 Å². The van der Waals surface area contributed by atoms with E-state index in [2.05, 4.69) is 10.3 Å². The highest BCUT2D eigenvalue weighted by Crippen LogP contribution is 2.33. The Morgan fingerprint density at radius 3 is 2.47 bits per heavy atom. The number of benzene rings is 2. The van der Waals surface area contributed by atoms with Crippen molar-refractivity contribution < 1.29 is 18.0 Å². The van der Waals surface area contributed by atoms with Crippen LogP contribution in [0, 0.1) is 0 Å². The molecule has 168 valence electrons. The third-order valence-electron chi connectivity index (χ3n) is 5.75. The lowest BCUT2D eigenvalue weighted by Gasteiger charge is -2.34. The van der Waals surface area contributed by atoms with E-state index >= 15 is 0 Å². The molecule has 32 heavy (non-hydrogen) atoms. The molecule has 2 amide bonds. The van der Waals surface area contributed by atoms with Crippen LogP contribution in [0.3, 0.4) is 0 Å². The number of hydrogen-bond donors (Lipinski definition) is 1. The van der Waals surface area contributed by atoms with E-state index in [0.717, 1.165) is 0 Å². The molecule has 2 aromatic rings. The molecule has 1 spiro atoms. The van der Waals surface area contributed by atoms with Crippen LogP contribution in [0.4, 0.5) is 0 Å². The largest absolute Gasteiger partial charge is 0.345 e. The summed E-state index contributed by atoms with van der Waals surface area (Å²) in [4.78, 5) is 31.4. The zero-order valence-electron chi connectivity index (χ0n) is 17.7. The molecule has 0 aromatic heterocycles. The van der Waals surface area contributed by atoms with Crippen molar-refractivity contribution in [2.45, 2.75) is 23.3 Å². The molecule has 1 N–H and O–H groups in total. The predicted octanol–water partition coefficient (Wildman–Crippen LogP) is 2.14. The third kappa shape index (κ3) is 4.03. The molecule has 10 heteroatoms. The Morgan fingerprint density at radius 2 is 1.81 bits per heavy atom. The SMILES string of the molecule is CN(C)C(=O)c1cccc(C2=NC3(CCN(S(=O)(=O)c4cccc(Cl)c4)CC3)C(=O)N2)c1. The summed E-state index contributed by atoms with van der Waals surface area (Å²) in [5, 5.41) is 3.17. The minimum absolute atomic E-state index is 0.128. The van der Waals surface area contributed by atoms with E-state index in [0.29, 0.717) is 22.0 Å². The molecule has 1 fully saturated rings. The van der Waals surface area contributed by atoms with Gasteiger partial charge >= 0.3 is 0 Å². The van der Waals surface area contributed by atoms with Gasteiger partial charge in [-0.2, -0.15) is 4.31 Å². The van der Waals surface area contributed by atoms with Crippen LogP contribution < -0.4 is 5.32 Å². The fraction of sp³-hybridized carbons (Fsp3) is 0.318. The van der Waals surface area contributed by atoms with Gasteiger partial charge in [-0.3, -0.25) is 14.6 Å². The Kier molecular flexibility index (Phi) is 5.83. The highest BCUT2D eigenvalue weighted by molar-refractivity contribution is 7.89. The number of aliphatic imine (C=N–C) groups is 1. The first-order valence-electron chi connectivity index (χ1n) is 10.1. The summed E-state index contributed by atoms with van der Waals surface area (Å²) in [5.74, 6) is -0.00258. The molecule has 2 heterocycles. The van der Waals surface area contributed by atoms with E-state index in [1.165, 1.54) is 21.3 Å². The molecule has 0 unspecified atom stereocenters. The summed E-state index contributed by atoms with van der Waals surface area (Å²) in [6.07, 6.45) is 0.525. The number of hydrogen-bond acceptors (Lipinski definition) is 5. The fourth-order valence-corrected chi connectivity index (χ4v) is 5.67. The van der Waals surface area contributed by atoms with Crippen LogP contribution >= 0.6 is 11.6 Å². The first kappa shape index (κ1) is 22.4. The van der Waals surface area contributed by atoms with Crippen molar-refractivity contribution in [1.29, 1.82) is 0 Å². The summed E-state index contributed by atoms with van der Waals surface area (Å²) in [7, 11) is -0.369. The van der Waals surface area contributed by atoms with E-state index in [1.807, 2.05) is 0 Å². The van der Waals surface area contributed by atoms with Gasteiger partial charge < -0.3 is 10.2 Å². The molecular formula is C22H23ClN4O4S. The number of nitrogens with zero attached hydrogens (tertiary/aromatic N) is 3. The van der Waals surface area contributed by atoms with Crippen molar-refractivity contribution in [3.8, 4) is 0 Å². The number of carbonyl (C=O) groups excluding carboxylic acids is 2. The highest BCUT2D eigenvalue weighted by Gasteiger charge is 2.47. The summed E-state index contributed by atoms with van der Waals surface area (Å²) < 4.78 is 27.3. The zero-order valence-corrected chi connectivity index (χ0v) is 19.3. The Labute approximate surface area is 191 Å². The van der Waals surface area contributed by atoms with Gasteiger partial charge in [-0.05, 0) is 43.2 Å². The summed E-state index contributed by atoms with van der Waals surface area (Å²) in [6, 6.07) is 13.1. The van der Waals surface area contributed by atoms with Crippen LogP contribution in [-0.4, -0.2) is 68.0 Å². The second-order valence-electron chi connectivity index (χ2n) is 8.09. The fourth-order valence-electron chi connectivity index (χ4n) is 3.92. The molecule has 0 saturated carbocycles. The quantitative estimate of drug-likeness (QED) is 0.733. The van der Waals surface area contributed by atoms with E-state index in [1.54, 1.807) is 50.5 Å². The van der Waals surface area contributed by atoms with Crippen molar-refractivity contribution in [3.05, 3.63) is 64.7 Å². The normalized spacial score (nSPS) is 18.3. The minimum Gasteiger partial charge on any atom is -0.345 e. The number of piperidine rings is 1. The minimum atomic E-state index is -3.71. The molecule has 2 aliphatic rings. The lowest BCUT2D eigenvalue weighted by molar-refractivity contribution is -0.124. The van der Waals surface area contributed by atoms with Gasteiger partial charge in [0.1, 0.15) is 11.4 Å². The number of amides is 2. The van der Waals surface area contributed by atoms with Crippen molar-refractivity contribution in [2.75, 3.05) is 27.2 Å². The summed E-state index contributed by atoms with van der Waals surface area (Å²) in [5.41, 5.74) is 0.113. The van der Waals surface area contributed by atoms with Gasteiger partial charge in [-0.1, -0.05) is 29.8 Å². The van der Waals surface area contributed by atoms with Gasteiger partial charge in [-0.15, -0.1) is 0 Å². The van der Waals surface area contributed by atoms with Crippen LogP contribution in [0.2, 0.25) is 5.02 Å². The van der Waals surface area contributed by atoms with Gasteiger partial charge in [0.2, 0.25) is 10.0 Å². The van der Waals surface area contributed by atoms with E-state index in [9.17, 15) is 18.0 Å². The Bertz CT molecular complexity index is 1220. The van der Waals surface area contributed by atoms with Gasteiger partial charge in [0.05, 0.1) is 4.90 Å². The molecule has 2 aromatic carbocycles. The topological polar surface area (TPSA) is 99.2 Å². The van der Waals surface area contributed by atoms with Crippen LogP contribution in [-0.2, 0) is 14.8 Å². The van der Waals surface area contributed by atoms with E-state index < -0.39 is 15.6 Å². The molecule has 4 rings (SSSR count). The second kappa shape index (κ2) is 8.31. The van der Waals surface area contributed by atoms with Gasteiger partial charge in [0.25, 0.3) is 11.8 Å². The van der Waals surface area contributed by atoms with E-state index in [4.69, 9.17) is 11.6 Å². The maximum atomic E-state index is 13.0. The molecule has 2 aliphatic heterocycles. The number of carbonyl (C=O) groups is 2. The van der Waals surface area contributed by atoms with Crippen LogP contribution in [0.5, 0.6) is 0 Å². The number of nitrogens with one attached hydrogen (secondary N) is 1. The monoisotopic (exact) mass is 474 g/mol. The predicted molar refractivity (Wildman–Crippen MR) is 121 cm³/mol. The van der Waals surface area contributed by atoms with Gasteiger partial charge in [0.15, 0.2) is 0 Å². The van der Waals surface area contributed by atoms with Gasteiger partial charge in [0, 0.05) is 43.3 Å². The lowest BCUT2D eigenvalue weighted by atomic mass is 9.89. The standard InChI is InChI=1S/C22H23ClN4O4S/c1-26(2)20(28)16-6-3-5-15(13-16)19-24-21(29)22(25-19)9-11-27(12-10-22)32(30,31)18-8-4-7-17(23)14-18/h3-8,13-14H,9-12H2,1-2H3,(H,24,25,29). The average Bonchev–Trinajstić information content (AvgIpc) is 3.09. The molecule has 8 nitrogen and oxygen atoms in total. The zero-order chi connectivity index (χ0) is 23.1. The first-order chi connectivity index (χ1) is 15.1. The first-order valence-corrected chi connectivity index (χ1v) is 11.9. The maximum absolute atomic E-state index is 13.0. The molecule has 0 bridgehead atoms. The second-order valence-corrected chi connectivity index (χ2v) is 10.5. The Hall–Kier alpha value is -2.75. The smallest absolute Gasteiger partial charge is 0.253 e. The third-order valence-corrected chi connectivity index (χ3v) is 7.88. The van der Waals surface area contributed by atoms with Crippen molar-refractivity contribution in [2.24, 2.45) is 4.99 Å². The number of rotatable bonds is 4. The van der Waals surface area contributed by atoms with Crippen LogP contribution in [0.1, 0.15) is 28.8 Å². The molecule has 0 radical (unpaired) electrons. The highest BCUT2D eigenvalue weighted by atomic mass is 35.5. The molecule has 0 aliphatic carbocycles. The molecular weight excluding hydrogens is 452 g/mol. The van der Waals surface area contributed by atoms with Crippen LogP contribution in [0.15, 0.2) is 58.4 Å². The summed E-state index contributed by atoms with van der Waals surface area (Å²) >= 11 is 5.95.